The molecule has 3 heteroatoms. The van der Waals surface area contributed by atoms with Crippen molar-refractivity contribution in [3.63, 3.8) is 0 Å². The van der Waals surface area contributed by atoms with Gasteiger partial charge >= 0.3 is 5.97 Å². The third-order valence-electron chi connectivity index (χ3n) is 3.50. The fourth-order valence-corrected chi connectivity index (χ4v) is 2.50. The molecule has 0 aromatic heterocycles. The zero-order valence-electron chi connectivity index (χ0n) is 11.0. The smallest absolute Gasteiger partial charge is 0.323 e. The van der Waals surface area contributed by atoms with Crippen molar-refractivity contribution in [2.45, 2.75) is 58.5 Å². The summed E-state index contributed by atoms with van der Waals surface area (Å²) in [6.07, 6.45) is 4.75. The molecule has 1 aliphatic rings. The van der Waals surface area contributed by atoms with Crippen molar-refractivity contribution in [3.8, 4) is 0 Å². The van der Waals surface area contributed by atoms with E-state index in [1.807, 2.05) is 0 Å². The Hall–Kier alpha value is -0.570. The van der Waals surface area contributed by atoms with Crippen molar-refractivity contribution in [2.24, 2.45) is 11.8 Å². The van der Waals surface area contributed by atoms with Gasteiger partial charge in [-0.15, -0.1) is 0 Å². The molecule has 16 heavy (non-hydrogen) atoms. The number of hydrogen-bond acceptors (Lipinski definition) is 3. The molecule has 0 bridgehead atoms. The van der Waals surface area contributed by atoms with Crippen LogP contribution in [0.2, 0.25) is 0 Å². The van der Waals surface area contributed by atoms with Crippen molar-refractivity contribution in [1.29, 1.82) is 0 Å². The van der Waals surface area contributed by atoms with E-state index in [1.165, 1.54) is 20.0 Å². The highest BCUT2D eigenvalue weighted by Gasteiger charge is 2.31. The molecule has 94 valence electrons. The van der Waals surface area contributed by atoms with Crippen LogP contribution in [0.1, 0.15) is 46.5 Å². The number of methoxy groups -OCH3 is 1. The van der Waals surface area contributed by atoms with Crippen LogP contribution in [-0.4, -0.2) is 25.2 Å². The highest BCUT2D eigenvalue weighted by Crippen LogP contribution is 2.30. The summed E-state index contributed by atoms with van der Waals surface area (Å²) in [4.78, 5) is 11.7. The lowest BCUT2D eigenvalue weighted by atomic mass is 9.79. The molecule has 0 aromatic rings. The molecule has 0 amide bonds. The Kier molecular flexibility index (Phi) is 5.26. The van der Waals surface area contributed by atoms with Crippen LogP contribution in [0.4, 0.5) is 0 Å². The van der Waals surface area contributed by atoms with Gasteiger partial charge in [0.15, 0.2) is 0 Å². The third kappa shape index (κ3) is 3.78. The fourth-order valence-electron chi connectivity index (χ4n) is 2.50. The number of rotatable bonds is 4. The van der Waals surface area contributed by atoms with Gasteiger partial charge in [0.25, 0.3) is 0 Å². The van der Waals surface area contributed by atoms with Crippen LogP contribution in [0.25, 0.3) is 0 Å². The molecule has 0 saturated heterocycles. The van der Waals surface area contributed by atoms with Gasteiger partial charge in [0.2, 0.25) is 0 Å². The van der Waals surface area contributed by atoms with E-state index in [9.17, 15) is 4.79 Å². The Bertz CT molecular complexity index is 220. The molecular weight excluding hydrogens is 202 g/mol. The maximum atomic E-state index is 11.7. The molecule has 1 fully saturated rings. The SMILES string of the molecule is COC(=O)C(NC(C)C)C1CCC(C)CC1. The normalized spacial score (nSPS) is 27.8. The van der Waals surface area contributed by atoms with Crippen molar-refractivity contribution in [2.75, 3.05) is 7.11 Å². The molecule has 1 unspecified atom stereocenters. The quantitative estimate of drug-likeness (QED) is 0.749. The van der Waals surface area contributed by atoms with Crippen LogP contribution in [0, 0.1) is 11.8 Å². The van der Waals surface area contributed by atoms with E-state index >= 15 is 0 Å². The van der Waals surface area contributed by atoms with Gasteiger partial charge in [-0.2, -0.15) is 0 Å². The van der Waals surface area contributed by atoms with Gasteiger partial charge in [0.1, 0.15) is 6.04 Å². The second-order valence-electron chi connectivity index (χ2n) is 5.34. The van der Waals surface area contributed by atoms with Gasteiger partial charge in [-0.05, 0) is 24.7 Å². The molecule has 1 rings (SSSR count). The molecule has 1 saturated carbocycles. The molecule has 0 spiro atoms. The summed E-state index contributed by atoms with van der Waals surface area (Å²) in [5.74, 6) is 1.16. The first-order chi connectivity index (χ1) is 7.54. The molecule has 0 aromatic carbocycles. The van der Waals surface area contributed by atoms with E-state index in [-0.39, 0.29) is 12.0 Å². The summed E-state index contributed by atoms with van der Waals surface area (Å²) in [6, 6.07) is 0.209. The summed E-state index contributed by atoms with van der Waals surface area (Å²) in [5.41, 5.74) is 0. The van der Waals surface area contributed by atoms with Gasteiger partial charge in [-0.25, -0.2) is 0 Å². The van der Waals surface area contributed by atoms with E-state index in [4.69, 9.17) is 4.74 Å². The second-order valence-corrected chi connectivity index (χ2v) is 5.34. The van der Waals surface area contributed by atoms with Crippen LogP contribution in [0.3, 0.4) is 0 Å². The Labute approximate surface area is 98.9 Å². The summed E-state index contributed by atoms with van der Waals surface area (Å²) in [5, 5.41) is 3.34. The largest absolute Gasteiger partial charge is 0.468 e. The van der Waals surface area contributed by atoms with Gasteiger partial charge in [-0.3, -0.25) is 4.79 Å². The standard InChI is InChI=1S/C13H25NO2/c1-9(2)14-12(13(15)16-4)11-7-5-10(3)6-8-11/h9-12,14H,5-8H2,1-4H3. The molecule has 0 radical (unpaired) electrons. The maximum Gasteiger partial charge on any atom is 0.323 e. The number of esters is 1. The minimum absolute atomic E-state index is 0.103. The summed E-state index contributed by atoms with van der Waals surface area (Å²) in [7, 11) is 1.47. The monoisotopic (exact) mass is 227 g/mol. The number of nitrogens with one attached hydrogen (secondary N) is 1. The van der Waals surface area contributed by atoms with Crippen molar-refractivity contribution >= 4 is 5.97 Å². The molecular formula is C13H25NO2. The Balaban J connectivity index is 2.57. The average Bonchev–Trinajstić information content (AvgIpc) is 2.26. The lowest BCUT2D eigenvalue weighted by Gasteiger charge is -2.32. The first-order valence-electron chi connectivity index (χ1n) is 6.38. The lowest BCUT2D eigenvalue weighted by Crippen LogP contribution is -2.47. The first kappa shape index (κ1) is 13.5. The molecule has 0 heterocycles. The zero-order chi connectivity index (χ0) is 12.1. The van der Waals surface area contributed by atoms with Gasteiger partial charge in [-0.1, -0.05) is 33.6 Å². The predicted octanol–water partition coefficient (Wildman–Crippen LogP) is 2.35. The highest BCUT2D eigenvalue weighted by atomic mass is 16.5. The predicted molar refractivity (Wildman–Crippen MR) is 65.2 cm³/mol. The van der Waals surface area contributed by atoms with E-state index in [0.29, 0.717) is 12.0 Å². The molecule has 3 nitrogen and oxygen atoms in total. The van der Waals surface area contributed by atoms with E-state index in [0.717, 1.165) is 18.8 Å². The minimum atomic E-state index is -0.113. The average molecular weight is 227 g/mol. The molecule has 1 aliphatic carbocycles. The third-order valence-corrected chi connectivity index (χ3v) is 3.50. The Morgan fingerprint density at radius 3 is 2.25 bits per heavy atom. The Morgan fingerprint density at radius 1 is 1.25 bits per heavy atom. The lowest BCUT2D eigenvalue weighted by molar-refractivity contribution is -0.145. The van der Waals surface area contributed by atoms with Crippen molar-refractivity contribution in [1.82, 2.24) is 5.32 Å². The summed E-state index contributed by atoms with van der Waals surface area (Å²) >= 11 is 0. The second kappa shape index (κ2) is 6.24. The molecule has 1 N–H and O–H groups in total. The Morgan fingerprint density at radius 2 is 1.81 bits per heavy atom. The number of carbonyl (C=O) groups excluding carboxylic acids is 1. The van der Waals surface area contributed by atoms with E-state index in [1.54, 1.807) is 0 Å². The van der Waals surface area contributed by atoms with E-state index < -0.39 is 0 Å². The van der Waals surface area contributed by atoms with E-state index in [2.05, 4.69) is 26.1 Å². The number of carbonyl (C=O) groups is 1. The van der Waals surface area contributed by atoms with Crippen LogP contribution in [0.15, 0.2) is 0 Å². The number of hydrogen-bond donors (Lipinski definition) is 1. The zero-order valence-corrected chi connectivity index (χ0v) is 11.0. The van der Waals surface area contributed by atoms with Crippen LogP contribution < -0.4 is 5.32 Å². The minimum Gasteiger partial charge on any atom is -0.468 e. The first-order valence-corrected chi connectivity index (χ1v) is 6.38. The van der Waals surface area contributed by atoms with Gasteiger partial charge in [0.05, 0.1) is 7.11 Å². The molecule has 0 aliphatic heterocycles. The van der Waals surface area contributed by atoms with Crippen LogP contribution in [0.5, 0.6) is 0 Å². The topological polar surface area (TPSA) is 38.3 Å². The van der Waals surface area contributed by atoms with Crippen molar-refractivity contribution in [3.05, 3.63) is 0 Å². The number of ether oxygens (including phenoxy) is 1. The highest BCUT2D eigenvalue weighted by molar-refractivity contribution is 5.76. The summed E-state index contributed by atoms with van der Waals surface area (Å²) < 4.78 is 4.89. The summed E-state index contributed by atoms with van der Waals surface area (Å²) in [6.45, 7) is 6.43. The van der Waals surface area contributed by atoms with Gasteiger partial charge < -0.3 is 10.1 Å². The maximum absolute atomic E-state index is 11.7. The fraction of sp³-hybridized carbons (Fsp3) is 0.923. The van der Waals surface area contributed by atoms with Crippen LogP contribution in [-0.2, 0) is 9.53 Å². The molecule has 1 atom stereocenters. The van der Waals surface area contributed by atoms with Gasteiger partial charge in [0, 0.05) is 6.04 Å². The van der Waals surface area contributed by atoms with Crippen molar-refractivity contribution < 1.29 is 9.53 Å². The van der Waals surface area contributed by atoms with Crippen LogP contribution >= 0.6 is 0 Å².